The zero-order valence-electron chi connectivity index (χ0n) is 18.1. The van der Waals surface area contributed by atoms with E-state index < -0.39 is 16.1 Å². The number of amides is 1. The number of benzene rings is 3. The minimum atomic E-state index is -3.86. The van der Waals surface area contributed by atoms with Gasteiger partial charge in [-0.2, -0.15) is 0 Å². The minimum absolute atomic E-state index is 0.110. The first-order valence-electron chi connectivity index (χ1n) is 10.6. The zero-order valence-corrected chi connectivity index (χ0v) is 18.9. The third-order valence-electron chi connectivity index (χ3n) is 5.61. The third-order valence-corrected chi connectivity index (χ3v) is 7.40. The van der Waals surface area contributed by atoms with Gasteiger partial charge in [0, 0.05) is 0 Å². The van der Waals surface area contributed by atoms with Crippen molar-refractivity contribution in [1.29, 1.82) is 0 Å². The summed E-state index contributed by atoms with van der Waals surface area (Å²) in [7, 11) is -3.86. The molecule has 1 N–H and O–H groups in total. The molecule has 7 heteroatoms. The average Bonchev–Trinajstić information content (AvgIpc) is 2.83. The Hall–Kier alpha value is -3.32. The first-order valence-corrected chi connectivity index (χ1v) is 12.1. The van der Waals surface area contributed by atoms with Gasteiger partial charge in [0.25, 0.3) is 15.9 Å². The molecule has 3 aromatic carbocycles. The van der Waals surface area contributed by atoms with Crippen LogP contribution in [0.4, 0.5) is 5.69 Å². The molecule has 0 aliphatic carbocycles. The van der Waals surface area contributed by atoms with Gasteiger partial charge >= 0.3 is 0 Å². The fourth-order valence-electron chi connectivity index (χ4n) is 3.72. The number of para-hydroxylation sites is 2. The molecule has 0 fully saturated rings. The van der Waals surface area contributed by atoms with E-state index in [4.69, 9.17) is 4.74 Å². The van der Waals surface area contributed by atoms with Crippen LogP contribution < -0.4 is 14.4 Å². The Morgan fingerprint density at radius 3 is 2.38 bits per heavy atom. The van der Waals surface area contributed by atoms with Crippen molar-refractivity contribution in [3.8, 4) is 5.75 Å². The molecule has 0 spiro atoms. The predicted octanol–water partition coefficient (Wildman–Crippen LogP) is 4.08. The van der Waals surface area contributed by atoms with Crippen LogP contribution in [0.15, 0.2) is 83.8 Å². The van der Waals surface area contributed by atoms with Gasteiger partial charge in [-0.1, -0.05) is 61.5 Å². The Kier molecular flexibility index (Phi) is 6.19. The number of nitrogens with zero attached hydrogens (tertiary/aromatic N) is 1. The van der Waals surface area contributed by atoms with Gasteiger partial charge in [0.15, 0.2) is 6.10 Å². The van der Waals surface area contributed by atoms with E-state index in [9.17, 15) is 13.2 Å². The lowest BCUT2D eigenvalue weighted by Crippen LogP contribution is -2.51. The van der Waals surface area contributed by atoms with Crippen molar-refractivity contribution in [2.24, 2.45) is 0 Å². The molecule has 3 aromatic rings. The van der Waals surface area contributed by atoms with Gasteiger partial charge in [0.1, 0.15) is 5.75 Å². The lowest BCUT2D eigenvalue weighted by atomic mass is 10.0. The molecule has 2 atom stereocenters. The number of carbonyl (C=O) groups excluding carboxylic acids is 1. The second-order valence-corrected chi connectivity index (χ2v) is 9.61. The summed E-state index contributed by atoms with van der Waals surface area (Å²) in [6.07, 6.45) is -0.0250. The molecule has 0 aromatic heterocycles. The lowest BCUT2D eigenvalue weighted by Gasteiger charge is -2.35. The number of fused-ring (bicyclic) bond motifs is 1. The van der Waals surface area contributed by atoms with Crippen LogP contribution >= 0.6 is 0 Å². The highest BCUT2D eigenvalue weighted by molar-refractivity contribution is 7.92. The van der Waals surface area contributed by atoms with Crippen LogP contribution in [0, 0.1) is 0 Å². The molecule has 1 aliphatic rings. The predicted molar refractivity (Wildman–Crippen MR) is 124 cm³/mol. The fraction of sp³-hybridized carbons (Fsp3) is 0.240. The lowest BCUT2D eigenvalue weighted by molar-refractivity contribution is -0.128. The molecule has 0 bridgehead atoms. The van der Waals surface area contributed by atoms with Crippen LogP contribution in [0.2, 0.25) is 0 Å². The van der Waals surface area contributed by atoms with Crippen LogP contribution in [0.25, 0.3) is 0 Å². The van der Waals surface area contributed by atoms with Gasteiger partial charge in [-0.25, -0.2) is 8.42 Å². The van der Waals surface area contributed by atoms with Crippen molar-refractivity contribution < 1.29 is 17.9 Å². The Morgan fingerprint density at radius 1 is 1.03 bits per heavy atom. The van der Waals surface area contributed by atoms with Gasteiger partial charge in [-0.05, 0) is 48.7 Å². The number of hydrogen-bond acceptors (Lipinski definition) is 4. The first kappa shape index (κ1) is 21.9. The molecule has 6 nitrogen and oxygen atoms in total. The molecule has 1 amide bonds. The van der Waals surface area contributed by atoms with Crippen molar-refractivity contribution in [1.82, 2.24) is 5.32 Å². The number of ether oxygens (including phenoxy) is 1. The summed E-state index contributed by atoms with van der Waals surface area (Å²) in [5.74, 6) is -0.00168. The van der Waals surface area contributed by atoms with Crippen LogP contribution in [-0.4, -0.2) is 27.0 Å². The number of nitrogens with one attached hydrogen (secondary N) is 1. The summed E-state index contributed by atoms with van der Waals surface area (Å²) in [6, 6.07) is 22.9. The van der Waals surface area contributed by atoms with E-state index in [0.29, 0.717) is 11.4 Å². The van der Waals surface area contributed by atoms with E-state index >= 15 is 0 Å². The molecule has 0 saturated carbocycles. The molecular weight excluding hydrogens is 424 g/mol. The maximum absolute atomic E-state index is 13.4. The van der Waals surface area contributed by atoms with E-state index in [2.05, 4.69) is 12.2 Å². The molecule has 1 heterocycles. The Labute approximate surface area is 188 Å². The maximum atomic E-state index is 13.4. The third kappa shape index (κ3) is 4.34. The van der Waals surface area contributed by atoms with Crippen molar-refractivity contribution >= 4 is 21.6 Å². The van der Waals surface area contributed by atoms with Crippen LogP contribution in [0.5, 0.6) is 5.75 Å². The highest BCUT2D eigenvalue weighted by Crippen LogP contribution is 2.36. The van der Waals surface area contributed by atoms with Crippen molar-refractivity contribution in [2.45, 2.75) is 37.3 Å². The van der Waals surface area contributed by atoms with Gasteiger partial charge in [0.2, 0.25) is 0 Å². The monoisotopic (exact) mass is 450 g/mol. The topological polar surface area (TPSA) is 75.7 Å². The average molecular weight is 451 g/mol. The van der Waals surface area contributed by atoms with Crippen LogP contribution in [0.1, 0.15) is 31.0 Å². The summed E-state index contributed by atoms with van der Waals surface area (Å²) < 4.78 is 33.9. The highest BCUT2D eigenvalue weighted by atomic mass is 32.2. The summed E-state index contributed by atoms with van der Waals surface area (Å²) in [4.78, 5) is 13.2. The molecule has 4 rings (SSSR count). The summed E-state index contributed by atoms with van der Waals surface area (Å²) in [5, 5.41) is 2.96. The molecule has 0 unspecified atom stereocenters. The number of rotatable bonds is 6. The van der Waals surface area contributed by atoms with Gasteiger partial charge < -0.3 is 10.1 Å². The number of sulfonamides is 1. The Balaban J connectivity index is 1.58. The molecular formula is C25H26N2O4S. The van der Waals surface area contributed by atoms with Gasteiger partial charge in [0.05, 0.1) is 23.2 Å². The van der Waals surface area contributed by atoms with Crippen molar-refractivity contribution in [2.75, 3.05) is 10.8 Å². The smallest absolute Gasteiger partial charge is 0.264 e. The normalized spacial score (nSPS) is 16.6. The van der Waals surface area contributed by atoms with Crippen LogP contribution in [0.3, 0.4) is 0 Å². The zero-order chi connectivity index (χ0) is 22.7. The second-order valence-electron chi connectivity index (χ2n) is 7.75. The van der Waals surface area contributed by atoms with E-state index in [1.165, 1.54) is 9.87 Å². The van der Waals surface area contributed by atoms with Crippen molar-refractivity contribution in [3.63, 3.8) is 0 Å². The molecule has 32 heavy (non-hydrogen) atoms. The summed E-state index contributed by atoms with van der Waals surface area (Å²) in [5.41, 5.74) is 2.62. The molecule has 0 saturated heterocycles. The SMILES string of the molecule is CCc1ccc([C@H](C)NC(=O)[C@@H]2CN(S(=O)(=O)c3ccccc3)c3ccccc3O2)cc1. The number of aryl methyl sites for hydroxylation is 1. The minimum Gasteiger partial charge on any atom is -0.476 e. The first-order chi connectivity index (χ1) is 15.4. The van der Waals surface area contributed by atoms with Crippen molar-refractivity contribution in [3.05, 3.63) is 90.0 Å². The highest BCUT2D eigenvalue weighted by Gasteiger charge is 2.37. The Morgan fingerprint density at radius 2 is 1.69 bits per heavy atom. The largest absolute Gasteiger partial charge is 0.476 e. The fourth-order valence-corrected chi connectivity index (χ4v) is 5.21. The quantitative estimate of drug-likeness (QED) is 0.614. The summed E-state index contributed by atoms with van der Waals surface area (Å²) in [6.45, 7) is 3.88. The maximum Gasteiger partial charge on any atom is 0.264 e. The van der Waals surface area contributed by atoms with Gasteiger partial charge in [-0.15, -0.1) is 0 Å². The number of carbonyl (C=O) groups is 1. The molecule has 166 valence electrons. The van der Waals surface area contributed by atoms with E-state index in [-0.39, 0.29) is 23.4 Å². The second kappa shape index (κ2) is 9.04. The van der Waals surface area contributed by atoms with E-state index in [1.54, 1.807) is 54.6 Å². The number of anilines is 1. The van der Waals surface area contributed by atoms with E-state index in [0.717, 1.165) is 12.0 Å². The molecule has 0 radical (unpaired) electrons. The van der Waals surface area contributed by atoms with E-state index in [1.807, 2.05) is 31.2 Å². The molecule has 1 aliphatic heterocycles. The Bertz CT molecular complexity index is 1190. The van der Waals surface area contributed by atoms with Gasteiger partial charge in [-0.3, -0.25) is 9.10 Å². The van der Waals surface area contributed by atoms with Crippen LogP contribution in [-0.2, 0) is 21.2 Å². The summed E-state index contributed by atoms with van der Waals surface area (Å²) >= 11 is 0. The standard InChI is InChI=1S/C25H26N2O4S/c1-3-19-13-15-20(16-14-19)18(2)26-25(28)24-17-27(22-11-7-8-12-23(22)31-24)32(29,30)21-9-5-4-6-10-21/h4-16,18,24H,3,17H2,1-2H3,(H,26,28)/t18-,24-/m0/s1. The number of hydrogen-bond donors (Lipinski definition) is 1.